The number of hydrogen-bond donors (Lipinski definition) is 0. The molecule has 0 aliphatic heterocycles. The van der Waals surface area contributed by atoms with Gasteiger partial charge in [0.1, 0.15) is 0 Å². The lowest BCUT2D eigenvalue weighted by molar-refractivity contribution is 0.424. The summed E-state index contributed by atoms with van der Waals surface area (Å²) in [4.78, 5) is 5.83. The van der Waals surface area contributed by atoms with Crippen LogP contribution in [0.25, 0.3) is 0 Å². The average Bonchev–Trinajstić information content (AvgIpc) is 2.31. The summed E-state index contributed by atoms with van der Waals surface area (Å²) >= 11 is 0. The number of rotatable bonds is 2. The molecule has 0 aliphatic carbocycles. The van der Waals surface area contributed by atoms with Crippen molar-refractivity contribution in [2.45, 2.75) is 6.92 Å². The van der Waals surface area contributed by atoms with Crippen molar-refractivity contribution < 1.29 is 4.52 Å². The Balaban J connectivity index is 2.64. The quantitative estimate of drug-likeness (QED) is 0.473. The highest BCUT2D eigenvalue weighted by Gasteiger charge is 1.94. The van der Waals surface area contributed by atoms with Crippen LogP contribution in [0.1, 0.15) is 5.69 Å². The molecule has 0 spiro atoms. The fourth-order valence-corrected chi connectivity index (χ4v) is 0.583. The van der Waals surface area contributed by atoms with Crippen LogP contribution in [0.5, 0.6) is 0 Å². The van der Waals surface area contributed by atoms with Crippen molar-refractivity contribution in [1.82, 2.24) is 10.1 Å². The van der Waals surface area contributed by atoms with Crippen molar-refractivity contribution in [3.63, 3.8) is 0 Å². The maximum Gasteiger partial charge on any atom is 0.252 e. The predicted octanol–water partition coefficient (Wildman–Crippen LogP) is 1.20. The van der Waals surface area contributed by atoms with Crippen LogP contribution in [0.15, 0.2) is 15.6 Å². The molecule has 1 aromatic rings. The molecule has 0 bridgehead atoms. The number of aliphatic imine (C=N–C) groups is 1. The van der Waals surface area contributed by atoms with Crippen molar-refractivity contribution in [3.05, 3.63) is 11.8 Å². The molecular formula is C7H11N3O. The molecule has 0 amide bonds. The summed E-state index contributed by atoms with van der Waals surface area (Å²) in [6, 6.07) is 1.78. The molecule has 0 aromatic carbocycles. The van der Waals surface area contributed by atoms with Gasteiger partial charge in [-0.15, -0.1) is 0 Å². The third-order valence-corrected chi connectivity index (χ3v) is 1.03. The van der Waals surface area contributed by atoms with E-state index in [0.29, 0.717) is 5.88 Å². The Hall–Kier alpha value is -1.32. The monoisotopic (exact) mass is 153 g/mol. The van der Waals surface area contributed by atoms with Crippen molar-refractivity contribution in [1.29, 1.82) is 0 Å². The van der Waals surface area contributed by atoms with E-state index in [1.807, 2.05) is 25.9 Å². The summed E-state index contributed by atoms with van der Waals surface area (Å²) < 4.78 is 4.84. The maximum atomic E-state index is 4.84. The van der Waals surface area contributed by atoms with E-state index in [0.717, 1.165) is 5.69 Å². The molecule has 4 nitrogen and oxygen atoms in total. The van der Waals surface area contributed by atoms with Gasteiger partial charge in [-0.25, -0.2) is 4.99 Å². The summed E-state index contributed by atoms with van der Waals surface area (Å²) in [5.74, 6) is 0.538. The Morgan fingerprint density at radius 3 is 2.82 bits per heavy atom. The van der Waals surface area contributed by atoms with Crippen LogP contribution >= 0.6 is 0 Å². The molecule has 0 saturated carbocycles. The van der Waals surface area contributed by atoms with E-state index in [2.05, 4.69) is 10.1 Å². The van der Waals surface area contributed by atoms with Crippen LogP contribution in [0.3, 0.4) is 0 Å². The molecule has 0 N–H and O–H groups in total. The van der Waals surface area contributed by atoms with Gasteiger partial charge in [0, 0.05) is 20.2 Å². The van der Waals surface area contributed by atoms with Gasteiger partial charge in [-0.3, -0.25) is 0 Å². The highest BCUT2D eigenvalue weighted by atomic mass is 16.5. The summed E-state index contributed by atoms with van der Waals surface area (Å²) in [6.07, 6.45) is 1.67. The standard InChI is InChI=1S/C7H11N3O/c1-6-4-7(11-9-6)8-5-10(2)3/h4-5H,1-3H3. The van der Waals surface area contributed by atoms with Crippen molar-refractivity contribution in [2.24, 2.45) is 4.99 Å². The SMILES string of the molecule is Cc1cc(N=CN(C)C)on1. The topological polar surface area (TPSA) is 41.6 Å². The van der Waals surface area contributed by atoms with Crippen LogP contribution in [-0.4, -0.2) is 30.5 Å². The summed E-state index contributed by atoms with van der Waals surface area (Å²) in [5, 5.41) is 3.69. The maximum absolute atomic E-state index is 4.84. The zero-order valence-electron chi connectivity index (χ0n) is 6.90. The minimum atomic E-state index is 0.538. The number of hydrogen-bond acceptors (Lipinski definition) is 3. The van der Waals surface area contributed by atoms with Crippen LogP contribution in [0.2, 0.25) is 0 Å². The van der Waals surface area contributed by atoms with Crippen LogP contribution < -0.4 is 0 Å². The van der Waals surface area contributed by atoms with Gasteiger partial charge in [-0.1, -0.05) is 5.16 Å². The molecule has 1 heterocycles. The molecule has 1 aromatic heterocycles. The van der Waals surface area contributed by atoms with Crippen molar-refractivity contribution in [3.8, 4) is 0 Å². The second kappa shape index (κ2) is 3.18. The molecule has 0 atom stereocenters. The first-order valence-corrected chi connectivity index (χ1v) is 3.32. The van der Waals surface area contributed by atoms with Gasteiger partial charge in [0.15, 0.2) is 0 Å². The average molecular weight is 153 g/mol. The molecule has 60 valence electrons. The molecule has 4 heteroatoms. The van der Waals surface area contributed by atoms with Gasteiger partial charge < -0.3 is 9.42 Å². The molecule has 0 aliphatic rings. The van der Waals surface area contributed by atoms with Crippen LogP contribution in [-0.2, 0) is 0 Å². The smallest absolute Gasteiger partial charge is 0.252 e. The third kappa shape index (κ3) is 2.41. The van der Waals surface area contributed by atoms with Gasteiger partial charge in [-0.05, 0) is 6.92 Å². The molecule has 0 unspecified atom stereocenters. The normalized spacial score (nSPS) is 10.8. The van der Waals surface area contributed by atoms with E-state index in [9.17, 15) is 0 Å². The number of aryl methyl sites for hydroxylation is 1. The van der Waals surface area contributed by atoms with Gasteiger partial charge in [0.05, 0.1) is 12.0 Å². The first-order valence-electron chi connectivity index (χ1n) is 3.32. The van der Waals surface area contributed by atoms with Gasteiger partial charge in [-0.2, -0.15) is 0 Å². The van der Waals surface area contributed by atoms with Crippen molar-refractivity contribution in [2.75, 3.05) is 14.1 Å². The van der Waals surface area contributed by atoms with Gasteiger partial charge in [0.25, 0.3) is 5.88 Å². The van der Waals surface area contributed by atoms with Gasteiger partial charge in [0.2, 0.25) is 0 Å². The highest BCUT2D eigenvalue weighted by Crippen LogP contribution is 2.11. The van der Waals surface area contributed by atoms with Crippen LogP contribution in [0.4, 0.5) is 5.88 Å². The minimum absolute atomic E-state index is 0.538. The molecule has 0 saturated heterocycles. The van der Waals surface area contributed by atoms with E-state index in [1.165, 1.54) is 0 Å². The van der Waals surface area contributed by atoms with E-state index in [-0.39, 0.29) is 0 Å². The summed E-state index contributed by atoms with van der Waals surface area (Å²) in [7, 11) is 3.79. The largest absolute Gasteiger partial charge is 0.369 e. The first-order chi connectivity index (χ1) is 5.18. The van der Waals surface area contributed by atoms with E-state index >= 15 is 0 Å². The van der Waals surface area contributed by atoms with Gasteiger partial charge >= 0.3 is 0 Å². The molecule has 0 radical (unpaired) electrons. The lowest BCUT2D eigenvalue weighted by Gasteiger charge is -1.99. The van der Waals surface area contributed by atoms with Crippen LogP contribution in [0, 0.1) is 6.92 Å². The molecule has 1 rings (SSSR count). The lowest BCUT2D eigenvalue weighted by atomic mass is 10.5. The van der Waals surface area contributed by atoms with E-state index in [1.54, 1.807) is 12.4 Å². The lowest BCUT2D eigenvalue weighted by Crippen LogP contribution is -2.06. The molecule has 0 fully saturated rings. The third-order valence-electron chi connectivity index (χ3n) is 1.03. The zero-order chi connectivity index (χ0) is 8.27. The Morgan fingerprint density at radius 1 is 1.64 bits per heavy atom. The van der Waals surface area contributed by atoms with E-state index in [4.69, 9.17) is 4.52 Å². The predicted molar refractivity (Wildman–Crippen MR) is 43.1 cm³/mol. The van der Waals surface area contributed by atoms with Crippen molar-refractivity contribution >= 4 is 12.2 Å². The molecule has 11 heavy (non-hydrogen) atoms. The summed E-state index contributed by atoms with van der Waals surface area (Å²) in [6.45, 7) is 1.86. The fourth-order valence-electron chi connectivity index (χ4n) is 0.583. The number of aromatic nitrogens is 1. The molecular weight excluding hydrogens is 142 g/mol. The second-order valence-electron chi connectivity index (χ2n) is 2.51. The minimum Gasteiger partial charge on any atom is -0.369 e. The zero-order valence-corrected chi connectivity index (χ0v) is 6.90. The summed E-state index contributed by atoms with van der Waals surface area (Å²) in [5.41, 5.74) is 0.843. The second-order valence-corrected chi connectivity index (χ2v) is 2.51. The Kier molecular flexibility index (Phi) is 2.25. The fraction of sp³-hybridized carbons (Fsp3) is 0.429. The highest BCUT2D eigenvalue weighted by molar-refractivity contribution is 5.58. The Morgan fingerprint density at radius 2 is 2.36 bits per heavy atom. The Labute approximate surface area is 65.5 Å². The Bertz CT molecular complexity index is 252. The number of nitrogens with zero attached hydrogens (tertiary/aromatic N) is 3. The first kappa shape index (κ1) is 7.78. The van der Waals surface area contributed by atoms with E-state index < -0.39 is 0 Å².